The first-order chi connectivity index (χ1) is 6.69. The Hall–Kier alpha value is -0.960. The number of anilines is 1. The van der Waals surface area contributed by atoms with Crippen LogP contribution in [0.4, 0.5) is 5.69 Å². The van der Waals surface area contributed by atoms with Gasteiger partial charge in [-0.1, -0.05) is 22.0 Å². The molecule has 76 valence electrons. The Labute approximate surface area is 93.1 Å². The van der Waals surface area contributed by atoms with Crippen molar-refractivity contribution >= 4 is 21.6 Å². The van der Waals surface area contributed by atoms with Crippen LogP contribution in [0.3, 0.4) is 0 Å². The highest BCUT2D eigenvalue weighted by Crippen LogP contribution is 2.30. The van der Waals surface area contributed by atoms with E-state index in [9.17, 15) is 0 Å². The second-order valence-corrected chi connectivity index (χ2v) is 3.83. The molecular weight excluding hydrogens is 242 g/mol. The van der Waals surface area contributed by atoms with Crippen LogP contribution >= 0.6 is 15.9 Å². The molecule has 3 heteroatoms. The number of methoxy groups -OCH3 is 1. The number of hydrogen-bond acceptors (Lipinski definition) is 2. The van der Waals surface area contributed by atoms with Gasteiger partial charge in [-0.15, -0.1) is 6.58 Å². The number of nitrogens with one attached hydrogen (secondary N) is 1. The lowest BCUT2D eigenvalue weighted by atomic mass is 10.2. The van der Waals surface area contributed by atoms with Crippen LogP contribution in [0.25, 0.3) is 0 Å². The molecular formula is C11H14BrNO. The molecule has 0 aliphatic heterocycles. The van der Waals surface area contributed by atoms with E-state index in [1.54, 1.807) is 7.11 Å². The highest BCUT2D eigenvalue weighted by molar-refractivity contribution is 9.10. The zero-order chi connectivity index (χ0) is 10.6. The first kappa shape index (κ1) is 11.1. The average molecular weight is 256 g/mol. The van der Waals surface area contributed by atoms with E-state index in [-0.39, 0.29) is 0 Å². The molecule has 0 radical (unpaired) electrons. The SMILES string of the molecule is C=CCNc1cc(Br)c(C)cc1OC. The van der Waals surface area contributed by atoms with Crippen LogP contribution < -0.4 is 10.1 Å². The molecule has 0 bridgehead atoms. The lowest BCUT2D eigenvalue weighted by Gasteiger charge is -2.11. The molecule has 0 aromatic heterocycles. The molecule has 1 rings (SSSR count). The summed E-state index contributed by atoms with van der Waals surface area (Å²) in [6.07, 6.45) is 1.81. The second-order valence-electron chi connectivity index (χ2n) is 2.97. The topological polar surface area (TPSA) is 21.3 Å². The fourth-order valence-corrected chi connectivity index (χ4v) is 1.49. The summed E-state index contributed by atoms with van der Waals surface area (Å²) in [4.78, 5) is 0. The van der Waals surface area contributed by atoms with Crippen molar-refractivity contribution in [2.75, 3.05) is 19.0 Å². The molecule has 0 aliphatic carbocycles. The van der Waals surface area contributed by atoms with E-state index < -0.39 is 0 Å². The van der Waals surface area contributed by atoms with Gasteiger partial charge in [-0.3, -0.25) is 0 Å². The summed E-state index contributed by atoms with van der Waals surface area (Å²) in [6.45, 7) is 6.42. The van der Waals surface area contributed by atoms with Gasteiger partial charge in [0.2, 0.25) is 0 Å². The number of hydrogen-bond donors (Lipinski definition) is 1. The maximum absolute atomic E-state index is 5.26. The summed E-state index contributed by atoms with van der Waals surface area (Å²) in [5, 5.41) is 3.21. The van der Waals surface area contributed by atoms with Gasteiger partial charge in [-0.05, 0) is 24.6 Å². The van der Waals surface area contributed by atoms with E-state index >= 15 is 0 Å². The molecule has 0 atom stereocenters. The number of aryl methyl sites for hydroxylation is 1. The van der Waals surface area contributed by atoms with Crippen molar-refractivity contribution < 1.29 is 4.74 Å². The highest BCUT2D eigenvalue weighted by atomic mass is 79.9. The zero-order valence-electron chi connectivity index (χ0n) is 8.43. The van der Waals surface area contributed by atoms with Crippen LogP contribution in [0.1, 0.15) is 5.56 Å². The maximum Gasteiger partial charge on any atom is 0.142 e. The van der Waals surface area contributed by atoms with E-state index in [2.05, 4.69) is 27.8 Å². The largest absolute Gasteiger partial charge is 0.495 e. The summed E-state index contributed by atoms with van der Waals surface area (Å²) in [7, 11) is 1.67. The molecule has 0 unspecified atom stereocenters. The fourth-order valence-electron chi connectivity index (χ4n) is 1.14. The van der Waals surface area contributed by atoms with E-state index in [0.717, 1.165) is 28.0 Å². The minimum atomic E-state index is 0.728. The first-order valence-corrected chi connectivity index (χ1v) is 5.17. The third-order valence-electron chi connectivity index (χ3n) is 1.92. The van der Waals surface area contributed by atoms with Gasteiger partial charge in [0.1, 0.15) is 5.75 Å². The summed E-state index contributed by atoms with van der Waals surface area (Å²) in [5.41, 5.74) is 2.14. The Balaban J connectivity index is 3.00. The van der Waals surface area contributed by atoms with E-state index in [0.29, 0.717) is 0 Å². The molecule has 0 saturated heterocycles. The Kier molecular flexibility index (Phi) is 4.01. The first-order valence-electron chi connectivity index (χ1n) is 4.38. The molecule has 0 aliphatic rings. The van der Waals surface area contributed by atoms with E-state index in [1.807, 2.05) is 25.1 Å². The molecule has 1 aromatic rings. The second kappa shape index (κ2) is 5.05. The van der Waals surface area contributed by atoms with Crippen molar-refractivity contribution in [1.82, 2.24) is 0 Å². The molecule has 2 nitrogen and oxygen atoms in total. The maximum atomic E-state index is 5.26. The summed E-state index contributed by atoms with van der Waals surface area (Å²) < 4.78 is 6.33. The van der Waals surface area contributed by atoms with Gasteiger partial charge in [-0.2, -0.15) is 0 Å². The third-order valence-corrected chi connectivity index (χ3v) is 2.77. The smallest absolute Gasteiger partial charge is 0.142 e. The molecule has 1 aromatic carbocycles. The number of rotatable bonds is 4. The molecule has 0 fully saturated rings. The van der Waals surface area contributed by atoms with Gasteiger partial charge in [0.25, 0.3) is 0 Å². The molecule has 0 heterocycles. The number of ether oxygens (including phenoxy) is 1. The normalized spacial score (nSPS) is 9.64. The lowest BCUT2D eigenvalue weighted by Crippen LogP contribution is -2.00. The van der Waals surface area contributed by atoms with Crippen molar-refractivity contribution in [1.29, 1.82) is 0 Å². The van der Waals surface area contributed by atoms with E-state index in [4.69, 9.17) is 4.74 Å². The van der Waals surface area contributed by atoms with Crippen LogP contribution in [-0.4, -0.2) is 13.7 Å². The van der Waals surface area contributed by atoms with Gasteiger partial charge in [0.15, 0.2) is 0 Å². The van der Waals surface area contributed by atoms with Crippen molar-refractivity contribution in [3.8, 4) is 5.75 Å². The number of benzene rings is 1. The van der Waals surface area contributed by atoms with Gasteiger partial charge in [0.05, 0.1) is 12.8 Å². The van der Waals surface area contributed by atoms with Gasteiger partial charge < -0.3 is 10.1 Å². The van der Waals surface area contributed by atoms with Crippen LogP contribution in [0.5, 0.6) is 5.75 Å². The van der Waals surface area contributed by atoms with Crippen molar-refractivity contribution in [2.45, 2.75) is 6.92 Å². The van der Waals surface area contributed by atoms with Crippen molar-refractivity contribution in [3.63, 3.8) is 0 Å². The van der Waals surface area contributed by atoms with Crippen LogP contribution in [0.2, 0.25) is 0 Å². The van der Waals surface area contributed by atoms with E-state index in [1.165, 1.54) is 0 Å². The quantitative estimate of drug-likeness (QED) is 0.834. The Morgan fingerprint density at radius 3 is 2.86 bits per heavy atom. The molecule has 0 saturated carbocycles. The minimum absolute atomic E-state index is 0.728. The van der Waals surface area contributed by atoms with Crippen molar-refractivity contribution in [3.05, 3.63) is 34.8 Å². The van der Waals surface area contributed by atoms with Gasteiger partial charge in [-0.25, -0.2) is 0 Å². The average Bonchev–Trinajstić information content (AvgIpc) is 2.19. The molecule has 1 N–H and O–H groups in total. The predicted molar refractivity (Wildman–Crippen MR) is 64.1 cm³/mol. The molecule has 0 spiro atoms. The lowest BCUT2D eigenvalue weighted by molar-refractivity contribution is 0.416. The van der Waals surface area contributed by atoms with Crippen LogP contribution in [0, 0.1) is 6.92 Å². The minimum Gasteiger partial charge on any atom is -0.495 e. The fraction of sp³-hybridized carbons (Fsp3) is 0.273. The Morgan fingerprint density at radius 2 is 2.29 bits per heavy atom. The zero-order valence-corrected chi connectivity index (χ0v) is 10.0. The van der Waals surface area contributed by atoms with Gasteiger partial charge in [0, 0.05) is 11.0 Å². The predicted octanol–water partition coefficient (Wildman–Crippen LogP) is 3.36. The summed E-state index contributed by atoms with van der Waals surface area (Å²) >= 11 is 3.48. The monoisotopic (exact) mass is 255 g/mol. The van der Waals surface area contributed by atoms with Gasteiger partial charge >= 0.3 is 0 Å². The van der Waals surface area contributed by atoms with Crippen molar-refractivity contribution in [2.24, 2.45) is 0 Å². The molecule has 0 amide bonds. The highest BCUT2D eigenvalue weighted by Gasteiger charge is 2.04. The molecule has 14 heavy (non-hydrogen) atoms. The number of halogens is 1. The summed E-state index contributed by atoms with van der Waals surface area (Å²) in [6, 6.07) is 4.01. The van der Waals surface area contributed by atoms with Crippen LogP contribution in [0.15, 0.2) is 29.3 Å². The standard InChI is InChI=1S/C11H14BrNO/c1-4-5-13-10-7-9(12)8(2)6-11(10)14-3/h4,6-7,13H,1,5H2,2-3H3. The third kappa shape index (κ3) is 2.51. The van der Waals surface area contributed by atoms with Crippen LogP contribution in [-0.2, 0) is 0 Å². The Morgan fingerprint density at radius 1 is 1.57 bits per heavy atom. The Bertz CT molecular complexity index is 336. The summed E-state index contributed by atoms with van der Waals surface area (Å²) in [5.74, 6) is 0.854.